The molecule has 1 aromatic heterocycles. The Labute approximate surface area is 167 Å². The smallest absolute Gasteiger partial charge is 0.258 e. The van der Waals surface area contributed by atoms with Crippen LogP contribution in [0.5, 0.6) is 0 Å². The largest absolute Gasteiger partial charge is 0.269 e. The second-order valence-corrected chi connectivity index (χ2v) is 7.56. The van der Waals surface area contributed by atoms with Crippen molar-refractivity contribution in [2.24, 2.45) is 0 Å². The highest BCUT2D eigenvalue weighted by Gasteiger charge is 2.16. The van der Waals surface area contributed by atoms with Gasteiger partial charge in [0.05, 0.1) is 16.2 Å². The molecule has 0 aliphatic rings. The van der Waals surface area contributed by atoms with E-state index in [2.05, 4.69) is 45.0 Å². The van der Waals surface area contributed by atoms with E-state index in [1.165, 1.54) is 29.0 Å². The lowest BCUT2D eigenvalue weighted by molar-refractivity contribution is -0.384. The lowest BCUT2D eigenvalue weighted by atomic mass is 10.0. The molecule has 0 N–H and O–H groups in total. The number of aromatic nitrogens is 1. The molecule has 0 spiro atoms. The van der Waals surface area contributed by atoms with Crippen molar-refractivity contribution in [1.82, 2.24) is 4.98 Å². The van der Waals surface area contributed by atoms with Crippen LogP contribution < -0.4 is 0 Å². The number of nitro benzene ring substituents is 1. The standard InChI is InChI=1S/C22H19N3O2S/c1-4-20-21(19-11-14(2)5-6-15(19)3)24-22(28-20)17(13-23)12-16-7-9-18(10-8-16)25(26)27/h5-12H,4H2,1-3H3/b17-12+. The minimum Gasteiger partial charge on any atom is -0.258 e. The summed E-state index contributed by atoms with van der Waals surface area (Å²) in [7, 11) is 0. The summed E-state index contributed by atoms with van der Waals surface area (Å²) >= 11 is 1.52. The monoisotopic (exact) mass is 389 g/mol. The van der Waals surface area contributed by atoms with Gasteiger partial charge in [-0.1, -0.05) is 24.6 Å². The zero-order valence-corrected chi connectivity index (χ0v) is 16.7. The van der Waals surface area contributed by atoms with Crippen LogP contribution in [0.2, 0.25) is 0 Å². The fraction of sp³-hybridized carbons (Fsp3) is 0.182. The van der Waals surface area contributed by atoms with Crippen molar-refractivity contribution < 1.29 is 4.92 Å². The Bertz CT molecular complexity index is 1110. The van der Waals surface area contributed by atoms with Crippen LogP contribution in [0, 0.1) is 35.3 Å². The summed E-state index contributed by atoms with van der Waals surface area (Å²) in [6, 6.07) is 14.6. The molecular weight excluding hydrogens is 370 g/mol. The van der Waals surface area contributed by atoms with Gasteiger partial charge in [0.15, 0.2) is 0 Å². The molecule has 3 rings (SSSR count). The minimum absolute atomic E-state index is 0.0235. The van der Waals surface area contributed by atoms with Gasteiger partial charge in [0, 0.05) is 22.6 Å². The third-order valence-electron chi connectivity index (χ3n) is 4.43. The van der Waals surface area contributed by atoms with Gasteiger partial charge in [0.2, 0.25) is 0 Å². The molecule has 140 valence electrons. The minimum atomic E-state index is -0.441. The van der Waals surface area contributed by atoms with Gasteiger partial charge in [-0.25, -0.2) is 4.98 Å². The quantitative estimate of drug-likeness (QED) is 0.306. The van der Waals surface area contributed by atoms with Gasteiger partial charge in [-0.05, 0) is 55.7 Å². The molecular formula is C22H19N3O2S. The van der Waals surface area contributed by atoms with Crippen LogP contribution in [0.4, 0.5) is 5.69 Å². The molecule has 0 unspecified atom stereocenters. The summed E-state index contributed by atoms with van der Waals surface area (Å²) in [5, 5.41) is 21.1. The summed E-state index contributed by atoms with van der Waals surface area (Å²) in [6.07, 6.45) is 2.55. The normalized spacial score (nSPS) is 11.3. The zero-order valence-electron chi connectivity index (χ0n) is 15.9. The Kier molecular flexibility index (Phi) is 5.67. The first-order valence-electron chi connectivity index (χ1n) is 8.87. The average molecular weight is 389 g/mol. The number of thiazole rings is 1. The Hall–Kier alpha value is -3.30. The highest BCUT2D eigenvalue weighted by Crippen LogP contribution is 2.34. The number of rotatable bonds is 5. The van der Waals surface area contributed by atoms with E-state index in [0.29, 0.717) is 10.6 Å². The maximum Gasteiger partial charge on any atom is 0.269 e. The number of hydrogen-bond acceptors (Lipinski definition) is 5. The Morgan fingerprint density at radius 3 is 2.57 bits per heavy atom. The van der Waals surface area contributed by atoms with Gasteiger partial charge in [0.1, 0.15) is 11.1 Å². The van der Waals surface area contributed by atoms with Crippen molar-refractivity contribution in [3.63, 3.8) is 0 Å². The number of non-ortho nitro benzene ring substituents is 1. The van der Waals surface area contributed by atoms with Crippen LogP contribution in [0.15, 0.2) is 42.5 Å². The number of nitrogens with zero attached hydrogens (tertiary/aromatic N) is 3. The molecule has 2 aromatic carbocycles. The van der Waals surface area contributed by atoms with Crippen molar-refractivity contribution in [1.29, 1.82) is 5.26 Å². The zero-order chi connectivity index (χ0) is 20.3. The van der Waals surface area contributed by atoms with E-state index in [9.17, 15) is 15.4 Å². The number of nitriles is 1. The van der Waals surface area contributed by atoms with Crippen molar-refractivity contribution >= 4 is 28.7 Å². The molecule has 5 nitrogen and oxygen atoms in total. The predicted octanol–water partition coefficient (Wildman–Crippen LogP) is 5.96. The van der Waals surface area contributed by atoms with Gasteiger partial charge in [-0.3, -0.25) is 10.1 Å². The van der Waals surface area contributed by atoms with Crippen LogP contribution in [-0.2, 0) is 6.42 Å². The maximum atomic E-state index is 10.8. The first kappa shape index (κ1) is 19.5. The molecule has 0 atom stereocenters. The summed E-state index contributed by atoms with van der Waals surface area (Å²) in [6.45, 7) is 6.19. The van der Waals surface area contributed by atoms with Gasteiger partial charge >= 0.3 is 0 Å². The van der Waals surface area contributed by atoms with Crippen LogP contribution in [0.25, 0.3) is 22.9 Å². The number of hydrogen-bond donors (Lipinski definition) is 0. The summed E-state index contributed by atoms with van der Waals surface area (Å²) in [5.74, 6) is 0. The second kappa shape index (κ2) is 8.15. The average Bonchev–Trinajstić information content (AvgIpc) is 3.12. The first-order chi connectivity index (χ1) is 13.4. The lowest BCUT2D eigenvalue weighted by Gasteiger charge is -2.06. The molecule has 0 fully saturated rings. The van der Waals surface area contributed by atoms with Crippen LogP contribution >= 0.6 is 11.3 Å². The molecule has 0 saturated heterocycles. The van der Waals surface area contributed by atoms with Gasteiger partial charge in [0.25, 0.3) is 5.69 Å². The highest BCUT2D eigenvalue weighted by atomic mass is 32.1. The van der Waals surface area contributed by atoms with Gasteiger partial charge in [-0.2, -0.15) is 5.26 Å². The maximum absolute atomic E-state index is 10.8. The van der Waals surface area contributed by atoms with E-state index in [1.807, 2.05) is 0 Å². The molecule has 0 saturated carbocycles. The van der Waals surface area contributed by atoms with Gasteiger partial charge < -0.3 is 0 Å². The first-order valence-corrected chi connectivity index (χ1v) is 9.68. The van der Waals surface area contributed by atoms with Gasteiger partial charge in [-0.15, -0.1) is 11.3 Å². The second-order valence-electron chi connectivity index (χ2n) is 6.48. The molecule has 0 bridgehead atoms. The van der Waals surface area contributed by atoms with E-state index in [1.54, 1.807) is 18.2 Å². The third-order valence-corrected chi connectivity index (χ3v) is 5.67. The Morgan fingerprint density at radius 2 is 1.96 bits per heavy atom. The molecule has 6 heteroatoms. The van der Waals surface area contributed by atoms with E-state index in [4.69, 9.17) is 4.98 Å². The number of allylic oxidation sites excluding steroid dienone is 1. The topological polar surface area (TPSA) is 79.8 Å². The van der Waals surface area contributed by atoms with Crippen LogP contribution in [0.1, 0.15) is 33.5 Å². The fourth-order valence-corrected chi connectivity index (χ4v) is 3.89. The van der Waals surface area contributed by atoms with E-state index in [0.717, 1.165) is 33.7 Å². The van der Waals surface area contributed by atoms with E-state index < -0.39 is 4.92 Å². The Balaban J connectivity index is 2.04. The fourth-order valence-electron chi connectivity index (χ4n) is 2.91. The summed E-state index contributed by atoms with van der Waals surface area (Å²) in [4.78, 5) is 16.3. The highest BCUT2D eigenvalue weighted by molar-refractivity contribution is 7.13. The third kappa shape index (κ3) is 4.00. The molecule has 0 radical (unpaired) electrons. The number of nitro groups is 1. The van der Waals surface area contributed by atoms with Crippen molar-refractivity contribution in [3.8, 4) is 17.3 Å². The molecule has 28 heavy (non-hydrogen) atoms. The molecule has 0 aliphatic carbocycles. The molecule has 1 heterocycles. The molecule has 0 aliphatic heterocycles. The molecule has 0 amide bonds. The molecule has 3 aromatic rings. The summed E-state index contributed by atoms with van der Waals surface area (Å²) in [5.41, 5.74) is 5.53. The number of aryl methyl sites for hydroxylation is 3. The lowest BCUT2D eigenvalue weighted by Crippen LogP contribution is -1.89. The SMILES string of the molecule is CCc1sc(/C(C#N)=C/c2ccc([N+](=O)[O-])cc2)nc1-c1cc(C)ccc1C. The van der Waals surface area contributed by atoms with E-state index in [-0.39, 0.29) is 5.69 Å². The van der Waals surface area contributed by atoms with Crippen LogP contribution in [-0.4, -0.2) is 9.91 Å². The van der Waals surface area contributed by atoms with Crippen molar-refractivity contribution in [3.05, 3.63) is 79.2 Å². The van der Waals surface area contributed by atoms with Crippen molar-refractivity contribution in [2.75, 3.05) is 0 Å². The van der Waals surface area contributed by atoms with Crippen LogP contribution in [0.3, 0.4) is 0 Å². The Morgan fingerprint density at radius 1 is 1.25 bits per heavy atom. The number of benzene rings is 2. The predicted molar refractivity (Wildman–Crippen MR) is 113 cm³/mol. The van der Waals surface area contributed by atoms with E-state index >= 15 is 0 Å². The summed E-state index contributed by atoms with van der Waals surface area (Å²) < 4.78 is 0. The van der Waals surface area contributed by atoms with Crippen molar-refractivity contribution in [2.45, 2.75) is 27.2 Å².